The van der Waals surface area contributed by atoms with E-state index >= 15 is 0 Å². The molecule has 0 atom stereocenters. The molecule has 0 amide bonds. The molecule has 110 valence electrons. The fourth-order valence-electron chi connectivity index (χ4n) is 1.80. The van der Waals surface area contributed by atoms with Crippen LogP contribution in [0.15, 0.2) is 34.1 Å². The minimum Gasteiger partial charge on any atom is -0.496 e. The lowest BCUT2D eigenvalue weighted by Crippen LogP contribution is -1.88. The zero-order valence-electron chi connectivity index (χ0n) is 11.9. The number of rotatable bonds is 4. The van der Waals surface area contributed by atoms with Gasteiger partial charge < -0.3 is 10.6 Å². The molecular weight excluding hydrogens is 308 g/mol. The lowest BCUT2D eigenvalue weighted by atomic mass is 10.1. The summed E-state index contributed by atoms with van der Waals surface area (Å²) in [7, 11) is 1.60. The number of aromatic nitrogens is 1. The predicted molar refractivity (Wildman–Crippen MR) is 87.1 cm³/mol. The first-order valence-corrected chi connectivity index (χ1v) is 7.35. The Morgan fingerprint density at radius 3 is 2.81 bits per heavy atom. The Morgan fingerprint density at radius 2 is 2.19 bits per heavy atom. The maximum atomic E-state index is 6.07. The van der Waals surface area contributed by atoms with Gasteiger partial charge in [0.2, 0.25) is 0 Å². The highest BCUT2D eigenvalue weighted by atomic mass is 35.5. The average Bonchev–Trinajstić information content (AvgIpc) is 2.81. The second-order valence-corrected chi connectivity index (χ2v) is 5.93. The Balaban J connectivity index is 2.64. The average molecular weight is 323 g/mol. The van der Waals surface area contributed by atoms with Gasteiger partial charge in [-0.05, 0) is 38.1 Å². The van der Waals surface area contributed by atoms with Gasteiger partial charge in [-0.25, -0.2) is 4.98 Å². The molecule has 2 aromatic rings. The van der Waals surface area contributed by atoms with Gasteiger partial charge in [0.15, 0.2) is 5.00 Å². The Labute approximate surface area is 132 Å². The van der Waals surface area contributed by atoms with Crippen LogP contribution in [0, 0.1) is 0 Å². The van der Waals surface area contributed by atoms with Gasteiger partial charge in [-0.15, -0.1) is 5.11 Å². The maximum Gasteiger partial charge on any atom is 0.169 e. The third-order valence-electron chi connectivity index (χ3n) is 2.60. The first-order chi connectivity index (χ1) is 10.0. The molecule has 0 spiro atoms. The molecule has 0 bridgehead atoms. The van der Waals surface area contributed by atoms with Crippen LogP contribution in [0.25, 0.3) is 17.3 Å². The number of hydrogen-bond acceptors (Lipinski definition) is 5. The lowest BCUT2D eigenvalue weighted by Gasteiger charge is -2.07. The van der Waals surface area contributed by atoms with Crippen molar-refractivity contribution in [2.45, 2.75) is 13.8 Å². The van der Waals surface area contributed by atoms with E-state index in [4.69, 9.17) is 22.2 Å². The number of methoxy groups -OCH3 is 1. The van der Waals surface area contributed by atoms with Crippen molar-refractivity contribution in [3.05, 3.63) is 33.8 Å². The van der Waals surface area contributed by atoms with Crippen molar-refractivity contribution in [2.75, 3.05) is 7.11 Å². The van der Waals surface area contributed by atoms with E-state index in [0.717, 1.165) is 16.1 Å². The summed E-state index contributed by atoms with van der Waals surface area (Å²) in [4.78, 5) is 4.58. The normalized spacial score (nSPS) is 10.9. The largest absolute Gasteiger partial charge is 0.496 e. The van der Waals surface area contributed by atoms with E-state index in [1.54, 1.807) is 25.3 Å². The molecule has 0 aliphatic rings. The van der Waals surface area contributed by atoms with Crippen LogP contribution in [0.3, 0.4) is 0 Å². The van der Waals surface area contributed by atoms with Gasteiger partial charge in [0.05, 0.1) is 7.11 Å². The van der Waals surface area contributed by atoms with Crippen molar-refractivity contribution >= 4 is 34.0 Å². The number of hydrogen-bond donors (Lipinski definition) is 1. The summed E-state index contributed by atoms with van der Waals surface area (Å²) in [6.45, 7) is 4.01. The van der Waals surface area contributed by atoms with E-state index < -0.39 is 0 Å². The summed E-state index contributed by atoms with van der Waals surface area (Å²) < 4.78 is 5.37. The van der Waals surface area contributed by atoms with E-state index in [1.165, 1.54) is 11.3 Å². The van der Waals surface area contributed by atoms with Crippen molar-refractivity contribution in [3.8, 4) is 17.0 Å². The first kappa shape index (κ1) is 15.5. The summed E-state index contributed by atoms with van der Waals surface area (Å²) in [6.07, 6.45) is 1.97. The summed E-state index contributed by atoms with van der Waals surface area (Å²) in [5.74, 6) is 5.85. The smallest absolute Gasteiger partial charge is 0.169 e. The van der Waals surface area contributed by atoms with Crippen LogP contribution in [0.5, 0.6) is 5.75 Å². The van der Waals surface area contributed by atoms with Gasteiger partial charge in [-0.2, -0.15) is 0 Å². The highest BCUT2D eigenvalue weighted by Crippen LogP contribution is 2.41. The van der Waals surface area contributed by atoms with Crippen LogP contribution in [0.2, 0.25) is 5.02 Å². The molecule has 1 aromatic carbocycles. The third kappa shape index (κ3) is 3.59. The lowest BCUT2D eigenvalue weighted by molar-refractivity contribution is 0.416. The van der Waals surface area contributed by atoms with Crippen molar-refractivity contribution in [1.82, 2.24) is 4.98 Å². The Hall–Kier alpha value is -1.92. The molecule has 0 aliphatic heterocycles. The Bertz CT molecular complexity index is 705. The summed E-state index contributed by atoms with van der Waals surface area (Å²) in [5, 5.41) is 9.35. The molecule has 1 aromatic heterocycles. The van der Waals surface area contributed by atoms with Gasteiger partial charge in [0.25, 0.3) is 0 Å². The van der Waals surface area contributed by atoms with Gasteiger partial charge in [-0.3, -0.25) is 0 Å². The standard InChI is InChI=1S/C14H15ClN4OS/c1-8(2)6-12-17-13(14(21-12)18-19-16)10-7-9(15)4-5-11(10)20-3/h4-7H,1-3H3,(H2,16,18). The predicted octanol–water partition coefficient (Wildman–Crippen LogP) is 4.85. The molecule has 2 rings (SSSR count). The van der Waals surface area contributed by atoms with E-state index in [-0.39, 0.29) is 0 Å². The number of ether oxygens (including phenoxy) is 1. The number of nitrogens with two attached hydrogens (primary N) is 1. The topological polar surface area (TPSA) is 72.9 Å². The maximum absolute atomic E-state index is 6.07. The molecule has 0 radical (unpaired) electrons. The van der Waals surface area contributed by atoms with Gasteiger partial charge in [0.1, 0.15) is 16.5 Å². The van der Waals surface area contributed by atoms with Crippen LogP contribution in [-0.2, 0) is 0 Å². The van der Waals surface area contributed by atoms with Gasteiger partial charge >= 0.3 is 0 Å². The van der Waals surface area contributed by atoms with Crippen molar-refractivity contribution in [1.29, 1.82) is 0 Å². The van der Waals surface area contributed by atoms with E-state index in [0.29, 0.717) is 21.5 Å². The fourth-order valence-corrected chi connectivity index (χ4v) is 2.94. The van der Waals surface area contributed by atoms with E-state index in [9.17, 15) is 0 Å². The molecule has 0 fully saturated rings. The van der Waals surface area contributed by atoms with Crippen LogP contribution >= 0.6 is 22.9 Å². The zero-order chi connectivity index (χ0) is 15.4. The number of halogens is 1. The summed E-state index contributed by atoms with van der Waals surface area (Å²) in [5.41, 5.74) is 2.56. The van der Waals surface area contributed by atoms with Gasteiger partial charge in [-0.1, -0.05) is 33.7 Å². The molecule has 2 N–H and O–H groups in total. The second-order valence-electron chi connectivity index (χ2n) is 4.49. The molecule has 1 heterocycles. The summed E-state index contributed by atoms with van der Waals surface area (Å²) >= 11 is 7.48. The van der Waals surface area contributed by atoms with Crippen molar-refractivity contribution in [3.63, 3.8) is 0 Å². The quantitative estimate of drug-likeness (QED) is 0.496. The number of allylic oxidation sites excluding steroid dienone is 1. The van der Waals surface area contributed by atoms with Crippen LogP contribution in [0.4, 0.5) is 5.00 Å². The number of thiazole rings is 1. The Morgan fingerprint density at radius 1 is 1.43 bits per heavy atom. The highest BCUT2D eigenvalue weighted by Gasteiger charge is 2.16. The SMILES string of the molecule is COc1ccc(Cl)cc1-c1nc(C=C(C)C)sc1N=NN. The van der Waals surface area contributed by atoms with Crippen molar-refractivity contribution < 1.29 is 4.74 Å². The number of nitrogens with zero attached hydrogens (tertiary/aromatic N) is 3. The molecule has 0 unspecified atom stereocenters. The first-order valence-electron chi connectivity index (χ1n) is 6.15. The summed E-state index contributed by atoms with van der Waals surface area (Å²) in [6, 6.07) is 5.34. The zero-order valence-corrected chi connectivity index (χ0v) is 13.5. The molecular formula is C14H15ClN4OS. The fraction of sp³-hybridized carbons (Fsp3) is 0.214. The Kier molecular flexibility index (Phi) is 4.93. The minimum absolute atomic E-state index is 0.596. The van der Waals surface area contributed by atoms with Crippen LogP contribution in [0.1, 0.15) is 18.9 Å². The van der Waals surface area contributed by atoms with Crippen molar-refractivity contribution in [2.24, 2.45) is 16.2 Å². The van der Waals surface area contributed by atoms with Crippen LogP contribution < -0.4 is 10.6 Å². The van der Waals surface area contributed by atoms with Crippen LogP contribution in [-0.4, -0.2) is 12.1 Å². The molecule has 7 heteroatoms. The minimum atomic E-state index is 0.596. The highest BCUT2D eigenvalue weighted by molar-refractivity contribution is 7.16. The molecule has 5 nitrogen and oxygen atoms in total. The monoisotopic (exact) mass is 322 g/mol. The molecule has 0 saturated heterocycles. The molecule has 21 heavy (non-hydrogen) atoms. The number of benzene rings is 1. The van der Waals surface area contributed by atoms with Gasteiger partial charge in [0, 0.05) is 10.6 Å². The van der Waals surface area contributed by atoms with E-state index in [1.807, 2.05) is 19.9 Å². The molecule has 0 saturated carbocycles. The second kappa shape index (κ2) is 6.69. The van der Waals surface area contributed by atoms with E-state index in [2.05, 4.69) is 15.3 Å². The molecule has 0 aliphatic carbocycles. The third-order valence-corrected chi connectivity index (χ3v) is 3.72.